The van der Waals surface area contributed by atoms with E-state index in [4.69, 9.17) is 0 Å². The Morgan fingerprint density at radius 1 is 1.23 bits per heavy atom. The number of aromatic nitrogens is 4. The molecule has 2 aromatic rings. The Hall–Kier alpha value is -2.97. The highest BCUT2D eigenvalue weighted by atomic mass is 16.2. The van der Waals surface area contributed by atoms with E-state index in [1.165, 1.54) is 4.90 Å². The van der Waals surface area contributed by atoms with Crippen LogP contribution in [0.15, 0.2) is 6.20 Å². The summed E-state index contributed by atoms with van der Waals surface area (Å²) < 4.78 is 0. The molecule has 0 aromatic carbocycles. The van der Waals surface area contributed by atoms with E-state index in [-0.39, 0.29) is 11.8 Å². The highest BCUT2D eigenvalue weighted by molar-refractivity contribution is 5.96. The molecule has 0 spiro atoms. The van der Waals surface area contributed by atoms with Crippen molar-refractivity contribution in [1.82, 2.24) is 30.0 Å². The van der Waals surface area contributed by atoms with E-state index < -0.39 is 0 Å². The van der Waals surface area contributed by atoms with E-state index in [2.05, 4.69) is 20.2 Å². The number of carbonyl (C=O) groups excluding carboxylic acids is 2. The van der Waals surface area contributed by atoms with E-state index in [9.17, 15) is 9.59 Å². The Balaban J connectivity index is 1.86. The Bertz CT molecular complexity index is 857. The Morgan fingerprint density at radius 3 is 2.58 bits per heavy atom. The van der Waals surface area contributed by atoms with Crippen LogP contribution in [0.2, 0.25) is 0 Å². The number of fused-ring (bicyclic) bond motifs is 1. The standard InChI is InChI=1S/C17H23N7O2/c1-10-11(8-18-17(19-10)23(4)5)15(25)24-7-6-13-12(9-24)14(21-20-13)16(26)22(2)3/h8H,6-7,9H2,1-5H3,(H,20,21). The van der Waals surface area contributed by atoms with Crippen LogP contribution in [0, 0.1) is 6.92 Å². The van der Waals surface area contributed by atoms with Gasteiger partial charge in [0.25, 0.3) is 11.8 Å². The molecule has 0 aliphatic carbocycles. The molecule has 0 bridgehead atoms. The quantitative estimate of drug-likeness (QED) is 0.858. The first kappa shape index (κ1) is 17.8. The van der Waals surface area contributed by atoms with Crippen molar-refractivity contribution in [3.63, 3.8) is 0 Å². The fraction of sp³-hybridized carbons (Fsp3) is 0.471. The van der Waals surface area contributed by atoms with Crippen LogP contribution in [-0.4, -0.2) is 76.5 Å². The van der Waals surface area contributed by atoms with Crippen molar-refractivity contribution in [2.24, 2.45) is 0 Å². The first-order valence-corrected chi connectivity index (χ1v) is 8.37. The number of aromatic amines is 1. The van der Waals surface area contributed by atoms with E-state index in [1.807, 2.05) is 14.1 Å². The van der Waals surface area contributed by atoms with Gasteiger partial charge in [0.15, 0.2) is 5.69 Å². The molecule has 2 amide bonds. The van der Waals surface area contributed by atoms with Gasteiger partial charge in [-0.15, -0.1) is 0 Å². The molecule has 1 aliphatic heterocycles. The van der Waals surface area contributed by atoms with Gasteiger partial charge >= 0.3 is 0 Å². The average molecular weight is 357 g/mol. The number of hydrogen-bond acceptors (Lipinski definition) is 6. The van der Waals surface area contributed by atoms with Gasteiger partial charge in [0.05, 0.1) is 17.8 Å². The van der Waals surface area contributed by atoms with Crippen LogP contribution < -0.4 is 4.90 Å². The smallest absolute Gasteiger partial charge is 0.274 e. The summed E-state index contributed by atoms with van der Waals surface area (Å²) in [6.45, 7) is 2.70. The maximum absolute atomic E-state index is 13.0. The molecule has 9 heteroatoms. The molecule has 0 radical (unpaired) electrons. The second kappa shape index (κ2) is 6.74. The van der Waals surface area contributed by atoms with Crippen molar-refractivity contribution in [3.05, 3.63) is 34.4 Å². The lowest BCUT2D eigenvalue weighted by Gasteiger charge is -2.27. The molecular formula is C17H23N7O2. The fourth-order valence-corrected chi connectivity index (χ4v) is 2.91. The number of nitrogens with one attached hydrogen (secondary N) is 1. The molecule has 0 atom stereocenters. The second-order valence-corrected chi connectivity index (χ2v) is 6.77. The molecule has 1 aliphatic rings. The third-order valence-electron chi connectivity index (χ3n) is 4.43. The summed E-state index contributed by atoms with van der Waals surface area (Å²) in [5.74, 6) is 0.253. The van der Waals surface area contributed by atoms with Crippen LogP contribution in [0.5, 0.6) is 0 Å². The largest absolute Gasteiger partial charge is 0.347 e. The molecule has 9 nitrogen and oxygen atoms in total. The Morgan fingerprint density at radius 2 is 1.96 bits per heavy atom. The zero-order valence-corrected chi connectivity index (χ0v) is 15.7. The summed E-state index contributed by atoms with van der Waals surface area (Å²) in [6, 6.07) is 0. The average Bonchev–Trinajstić information content (AvgIpc) is 3.03. The molecule has 3 rings (SSSR count). The molecule has 1 N–H and O–H groups in total. The number of hydrogen-bond donors (Lipinski definition) is 1. The Kier molecular flexibility index (Phi) is 4.62. The molecule has 0 saturated heterocycles. The summed E-state index contributed by atoms with van der Waals surface area (Å²) in [5, 5.41) is 7.08. The topological polar surface area (TPSA) is 98.3 Å². The lowest BCUT2D eigenvalue weighted by Crippen LogP contribution is -2.37. The van der Waals surface area contributed by atoms with Gasteiger partial charge in [0.2, 0.25) is 5.95 Å². The summed E-state index contributed by atoms with van der Waals surface area (Å²) >= 11 is 0. The highest BCUT2D eigenvalue weighted by Gasteiger charge is 2.29. The summed E-state index contributed by atoms with van der Waals surface area (Å²) in [7, 11) is 7.07. The zero-order valence-electron chi connectivity index (χ0n) is 15.7. The monoisotopic (exact) mass is 357 g/mol. The molecule has 138 valence electrons. The van der Waals surface area contributed by atoms with Gasteiger partial charge in [0.1, 0.15) is 0 Å². The number of nitrogens with zero attached hydrogens (tertiary/aromatic N) is 6. The normalized spacial score (nSPS) is 13.3. The third-order valence-corrected chi connectivity index (χ3v) is 4.43. The summed E-state index contributed by atoms with van der Waals surface area (Å²) in [6.07, 6.45) is 2.20. The number of anilines is 1. The number of rotatable bonds is 3. The number of aryl methyl sites for hydroxylation is 1. The highest BCUT2D eigenvalue weighted by Crippen LogP contribution is 2.23. The van der Waals surface area contributed by atoms with Crippen molar-refractivity contribution < 1.29 is 9.59 Å². The van der Waals surface area contributed by atoms with Crippen LogP contribution in [0.25, 0.3) is 0 Å². The van der Waals surface area contributed by atoms with Crippen LogP contribution >= 0.6 is 0 Å². The predicted molar refractivity (Wildman–Crippen MR) is 96.1 cm³/mol. The molecule has 0 fully saturated rings. The van der Waals surface area contributed by atoms with Crippen LogP contribution in [-0.2, 0) is 13.0 Å². The van der Waals surface area contributed by atoms with Crippen molar-refractivity contribution >= 4 is 17.8 Å². The third kappa shape index (κ3) is 3.12. The SMILES string of the molecule is Cc1nc(N(C)C)ncc1C(=O)N1CCc2[nH]nc(C(=O)N(C)C)c2C1. The van der Waals surface area contributed by atoms with Crippen molar-refractivity contribution in [2.45, 2.75) is 19.9 Å². The van der Waals surface area contributed by atoms with Crippen LogP contribution in [0.1, 0.15) is 37.8 Å². The molecule has 3 heterocycles. The first-order valence-electron chi connectivity index (χ1n) is 8.37. The maximum atomic E-state index is 13.0. The number of carbonyl (C=O) groups is 2. The van der Waals surface area contributed by atoms with Gasteiger partial charge < -0.3 is 14.7 Å². The van der Waals surface area contributed by atoms with Gasteiger partial charge in [-0.25, -0.2) is 9.97 Å². The molecule has 0 saturated carbocycles. The second-order valence-electron chi connectivity index (χ2n) is 6.77. The minimum Gasteiger partial charge on any atom is -0.347 e. The van der Waals surface area contributed by atoms with Crippen LogP contribution in [0.3, 0.4) is 0 Å². The minimum atomic E-state index is -0.174. The number of amides is 2. The lowest BCUT2D eigenvalue weighted by molar-refractivity contribution is 0.0725. The van der Waals surface area contributed by atoms with Crippen molar-refractivity contribution in [2.75, 3.05) is 39.6 Å². The van der Waals surface area contributed by atoms with E-state index in [0.717, 1.165) is 11.3 Å². The van der Waals surface area contributed by atoms with Gasteiger partial charge in [0, 0.05) is 58.6 Å². The van der Waals surface area contributed by atoms with Gasteiger partial charge in [-0.2, -0.15) is 5.10 Å². The zero-order chi connectivity index (χ0) is 19.0. The summed E-state index contributed by atoms with van der Waals surface area (Å²) in [4.78, 5) is 38.9. The number of H-pyrrole nitrogens is 1. The van der Waals surface area contributed by atoms with E-state index in [1.54, 1.807) is 37.0 Å². The fourth-order valence-electron chi connectivity index (χ4n) is 2.91. The van der Waals surface area contributed by atoms with Crippen LogP contribution in [0.4, 0.5) is 5.95 Å². The van der Waals surface area contributed by atoms with E-state index in [0.29, 0.717) is 42.4 Å². The first-order chi connectivity index (χ1) is 12.3. The lowest BCUT2D eigenvalue weighted by atomic mass is 10.0. The minimum absolute atomic E-state index is 0.136. The molecule has 26 heavy (non-hydrogen) atoms. The van der Waals surface area contributed by atoms with Gasteiger partial charge in [-0.05, 0) is 6.92 Å². The maximum Gasteiger partial charge on any atom is 0.274 e. The molecule has 0 unspecified atom stereocenters. The van der Waals surface area contributed by atoms with E-state index >= 15 is 0 Å². The Labute approximate surface area is 152 Å². The van der Waals surface area contributed by atoms with Gasteiger partial charge in [-0.1, -0.05) is 0 Å². The van der Waals surface area contributed by atoms with Crippen molar-refractivity contribution in [3.8, 4) is 0 Å². The summed E-state index contributed by atoms with van der Waals surface area (Å²) in [5.41, 5.74) is 3.18. The van der Waals surface area contributed by atoms with Gasteiger partial charge in [-0.3, -0.25) is 14.7 Å². The van der Waals surface area contributed by atoms with Crippen molar-refractivity contribution in [1.29, 1.82) is 0 Å². The predicted octanol–water partition coefficient (Wildman–Crippen LogP) is 0.474. The molecular weight excluding hydrogens is 334 g/mol. The molecule has 2 aromatic heterocycles.